The van der Waals surface area contributed by atoms with Gasteiger partial charge in [0.15, 0.2) is 0 Å². The lowest BCUT2D eigenvalue weighted by Crippen LogP contribution is -1.84. The molecule has 2 heteroatoms. The van der Waals surface area contributed by atoms with E-state index in [4.69, 9.17) is 4.42 Å². The molecule has 3 rings (SSSR count). The molecule has 78 valence electrons. The molecule has 1 aromatic carbocycles. The zero-order valence-corrected chi connectivity index (χ0v) is 8.76. The van der Waals surface area contributed by atoms with Crippen LogP contribution in [0.2, 0.25) is 0 Å². The van der Waals surface area contributed by atoms with Crippen LogP contribution in [-0.4, -0.2) is 4.98 Å². The van der Waals surface area contributed by atoms with Gasteiger partial charge in [0.1, 0.15) is 11.3 Å². The van der Waals surface area contributed by atoms with Gasteiger partial charge in [-0.25, -0.2) is 0 Å². The van der Waals surface area contributed by atoms with Gasteiger partial charge >= 0.3 is 0 Å². The van der Waals surface area contributed by atoms with Gasteiger partial charge in [-0.05, 0) is 29.8 Å². The number of rotatable bonds is 2. The van der Waals surface area contributed by atoms with Crippen LogP contribution < -0.4 is 0 Å². The number of para-hydroxylation sites is 1. The molecule has 16 heavy (non-hydrogen) atoms. The van der Waals surface area contributed by atoms with E-state index < -0.39 is 0 Å². The lowest BCUT2D eigenvalue weighted by atomic mass is 10.1. The monoisotopic (exact) mass is 209 g/mol. The molecule has 0 N–H and O–H groups in total. The number of fused-ring (bicyclic) bond motifs is 1. The van der Waals surface area contributed by atoms with Crippen molar-refractivity contribution < 1.29 is 4.42 Å². The van der Waals surface area contributed by atoms with Gasteiger partial charge in [0.25, 0.3) is 0 Å². The van der Waals surface area contributed by atoms with Crippen LogP contribution >= 0.6 is 0 Å². The van der Waals surface area contributed by atoms with Gasteiger partial charge in [0.05, 0.1) is 0 Å². The summed E-state index contributed by atoms with van der Waals surface area (Å²) in [7, 11) is 0. The Morgan fingerprint density at radius 2 is 1.81 bits per heavy atom. The van der Waals surface area contributed by atoms with Crippen LogP contribution in [0.1, 0.15) is 11.3 Å². The third-order valence-corrected chi connectivity index (χ3v) is 2.60. The fourth-order valence-electron chi connectivity index (χ4n) is 1.83. The van der Waals surface area contributed by atoms with Gasteiger partial charge in [0.2, 0.25) is 0 Å². The Bertz CT molecular complexity index is 565. The molecular formula is C14H11NO. The first-order valence-corrected chi connectivity index (χ1v) is 5.28. The highest BCUT2D eigenvalue weighted by atomic mass is 16.3. The summed E-state index contributed by atoms with van der Waals surface area (Å²) < 4.78 is 5.75. The minimum Gasteiger partial charge on any atom is -0.461 e. The number of aromatic nitrogens is 1. The molecule has 0 saturated heterocycles. The SMILES string of the molecule is c1ccc2oc(Cc3ccncc3)cc2c1. The molecule has 0 radical (unpaired) electrons. The topological polar surface area (TPSA) is 26.0 Å². The minimum atomic E-state index is 0.817. The summed E-state index contributed by atoms with van der Waals surface area (Å²) in [6, 6.07) is 14.2. The Morgan fingerprint density at radius 3 is 2.62 bits per heavy atom. The summed E-state index contributed by atoms with van der Waals surface area (Å²) in [5.41, 5.74) is 2.17. The second-order valence-electron chi connectivity index (χ2n) is 3.78. The Hall–Kier alpha value is -2.09. The standard InChI is InChI=1S/C14H11NO/c1-2-4-14-12(3-1)10-13(16-14)9-11-5-7-15-8-6-11/h1-8,10H,9H2. The first kappa shape index (κ1) is 9.16. The largest absolute Gasteiger partial charge is 0.461 e. The summed E-state index contributed by atoms with van der Waals surface area (Å²) in [6.07, 6.45) is 4.42. The van der Waals surface area contributed by atoms with Gasteiger partial charge in [-0.2, -0.15) is 0 Å². The van der Waals surface area contributed by atoms with E-state index in [2.05, 4.69) is 17.1 Å². The molecule has 0 fully saturated rings. The van der Waals surface area contributed by atoms with E-state index in [-0.39, 0.29) is 0 Å². The second kappa shape index (κ2) is 3.81. The second-order valence-corrected chi connectivity index (χ2v) is 3.78. The number of nitrogens with zero attached hydrogens (tertiary/aromatic N) is 1. The van der Waals surface area contributed by atoms with E-state index in [1.54, 1.807) is 12.4 Å². The van der Waals surface area contributed by atoms with Crippen molar-refractivity contribution in [1.29, 1.82) is 0 Å². The molecule has 0 spiro atoms. The van der Waals surface area contributed by atoms with Crippen LogP contribution in [0.15, 0.2) is 59.3 Å². The van der Waals surface area contributed by atoms with E-state index in [0.717, 1.165) is 23.2 Å². The number of benzene rings is 1. The Balaban J connectivity index is 1.95. The summed E-state index contributed by atoms with van der Waals surface area (Å²) in [5.74, 6) is 0.993. The van der Waals surface area contributed by atoms with E-state index >= 15 is 0 Å². The first-order valence-electron chi connectivity index (χ1n) is 5.28. The molecule has 0 aliphatic rings. The summed E-state index contributed by atoms with van der Waals surface area (Å²) in [4.78, 5) is 4.00. The molecule has 0 unspecified atom stereocenters. The normalized spacial score (nSPS) is 10.8. The van der Waals surface area contributed by atoms with E-state index in [0.29, 0.717) is 0 Å². The zero-order valence-electron chi connectivity index (χ0n) is 8.76. The molecule has 0 aliphatic heterocycles. The van der Waals surface area contributed by atoms with Crippen molar-refractivity contribution in [2.75, 3.05) is 0 Å². The molecule has 2 aromatic heterocycles. The van der Waals surface area contributed by atoms with Crippen LogP contribution in [0.4, 0.5) is 0 Å². The lowest BCUT2D eigenvalue weighted by Gasteiger charge is -1.95. The predicted octanol–water partition coefficient (Wildman–Crippen LogP) is 3.42. The Labute approximate surface area is 93.5 Å². The van der Waals surface area contributed by atoms with Crippen molar-refractivity contribution in [2.24, 2.45) is 0 Å². The number of pyridine rings is 1. The van der Waals surface area contributed by atoms with Gasteiger partial charge in [-0.15, -0.1) is 0 Å². The van der Waals surface area contributed by atoms with Crippen molar-refractivity contribution >= 4 is 11.0 Å². The van der Waals surface area contributed by atoms with E-state index in [9.17, 15) is 0 Å². The highest BCUT2D eigenvalue weighted by Crippen LogP contribution is 2.20. The summed E-state index contributed by atoms with van der Waals surface area (Å²) in [6.45, 7) is 0. The van der Waals surface area contributed by atoms with E-state index in [1.807, 2.05) is 30.3 Å². The van der Waals surface area contributed by atoms with Crippen molar-refractivity contribution in [1.82, 2.24) is 4.98 Å². The maximum atomic E-state index is 5.75. The summed E-state index contributed by atoms with van der Waals surface area (Å²) >= 11 is 0. The highest BCUT2D eigenvalue weighted by molar-refractivity contribution is 5.77. The summed E-state index contributed by atoms with van der Waals surface area (Å²) in [5, 5.41) is 1.16. The van der Waals surface area contributed by atoms with Crippen molar-refractivity contribution in [3.05, 3.63) is 66.2 Å². The fourth-order valence-corrected chi connectivity index (χ4v) is 1.83. The van der Waals surface area contributed by atoms with Crippen molar-refractivity contribution in [2.45, 2.75) is 6.42 Å². The molecule has 2 heterocycles. The molecule has 0 atom stereocenters. The minimum absolute atomic E-state index is 0.817. The lowest BCUT2D eigenvalue weighted by molar-refractivity contribution is 0.562. The van der Waals surface area contributed by atoms with E-state index in [1.165, 1.54) is 5.56 Å². The van der Waals surface area contributed by atoms with Gasteiger partial charge in [0, 0.05) is 24.2 Å². The van der Waals surface area contributed by atoms with Gasteiger partial charge in [-0.1, -0.05) is 18.2 Å². The van der Waals surface area contributed by atoms with Crippen LogP contribution in [0.3, 0.4) is 0 Å². The average molecular weight is 209 g/mol. The highest BCUT2D eigenvalue weighted by Gasteiger charge is 2.03. The molecule has 0 bridgehead atoms. The Kier molecular flexibility index (Phi) is 2.18. The Morgan fingerprint density at radius 1 is 1.00 bits per heavy atom. The van der Waals surface area contributed by atoms with Gasteiger partial charge in [-0.3, -0.25) is 4.98 Å². The third kappa shape index (κ3) is 1.70. The average Bonchev–Trinajstić information content (AvgIpc) is 2.72. The predicted molar refractivity (Wildman–Crippen MR) is 63.3 cm³/mol. The number of furan rings is 1. The molecule has 0 aliphatic carbocycles. The molecule has 0 amide bonds. The number of hydrogen-bond acceptors (Lipinski definition) is 2. The molecule has 3 aromatic rings. The van der Waals surface area contributed by atoms with Gasteiger partial charge < -0.3 is 4.42 Å². The van der Waals surface area contributed by atoms with Crippen LogP contribution in [0.5, 0.6) is 0 Å². The van der Waals surface area contributed by atoms with Crippen molar-refractivity contribution in [3.63, 3.8) is 0 Å². The van der Waals surface area contributed by atoms with Crippen molar-refractivity contribution in [3.8, 4) is 0 Å². The number of hydrogen-bond donors (Lipinski definition) is 0. The molecular weight excluding hydrogens is 198 g/mol. The van der Waals surface area contributed by atoms with Crippen LogP contribution in [-0.2, 0) is 6.42 Å². The third-order valence-electron chi connectivity index (χ3n) is 2.60. The molecule has 2 nitrogen and oxygen atoms in total. The van der Waals surface area contributed by atoms with Crippen LogP contribution in [0.25, 0.3) is 11.0 Å². The quantitative estimate of drug-likeness (QED) is 0.646. The fraction of sp³-hybridized carbons (Fsp3) is 0.0714. The maximum Gasteiger partial charge on any atom is 0.134 e. The zero-order chi connectivity index (χ0) is 10.8. The molecule has 0 saturated carbocycles. The smallest absolute Gasteiger partial charge is 0.134 e. The van der Waals surface area contributed by atoms with Crippen LogP contribution in [0, 0.1) is 0 Å². The maximum absolute atomic E-state index is 5.75. The first-order chi connectivity index (χ1) is 7.92.